The number of nitrogens with two attached hydrogens (primary N) is 1. The molecule has 1 heterocycles. The first kappa shape index (κ1) is 27.1. The molecular weight excluding hydrogens is 444 g/mol. The minimum absolute atomic E-state index is 0.0390. The number of amides is 3. The van der Waals surface area contributed by atoms with Crippen LogP contribution in [0.3, 0.4) is 0 Å². The molecule has 0 radical (unpaired) electrons. The van der Waals surface area contributed by atoms with E-state index in [2.05, 4.69) is 10.6 Å². The Bertz CT molecular complexity index is 877. The first-order valence-corrected chi connectivity index (χ1v) is 11.4. The molecule has 5 unspecified atom stereocenters. The van der Waals surface area contributed by atoms with Gasteiger partial charge in [-0.25, -0.2) is 4.79 Å². The lowest BCUT2D eigenvalue weighted by Gasteiger charge is -2.31. The lowest BCUT2D eigenvalue weighted by atomic mass is 9.96. The van der Waals surface area contributed by atoms with Gasteiger partial charge in [-0.2, -0.15) is 0 Å². The minimum atomic E-state index is -1.23. The second kappa shape index (κ2) is 12.3. The number of hydrogen-bond acceptors (Lipinski definition) is 7. The van der Waals surface area contributed by atoms with Crippen molar-refractivity contribution < 1.29 is 34.5 Å². The Morgan fingerprint density at radius 1 is 1.15 bits per heavy atom. The third kappa shape index (κ3) is 6.91. The van der Waals surface area contributed by atoms with Gasteiger partial charge in [-0.15, -0.1) is 0 Å². The number of carbonyl (C=O) groups is 4. The van der Waals surface area contributed by atoms with Crippen LogP contribution in [0.4, 0.5) is 0 Å². The Hall–Kier alpha value is -3.18. The molecule has 0 spiro atoms. The molecule has 3 amide bonds. The van der Waals surface area contributed by atoms with Gasteiger partial charge in [-0.05, 0) is 36.5 Å². The molecule has 5 atom stereocenters. The number of aromatic hydroxyl groups is 1. The maximum Gasteiger partial charge on any atom is 0.326 e. The Morgan fingerprint density at radius 3 is 2.35 bits per heavy atom. The molecule has 188 valence electrons. The van der Waals surface area contributed by atoms with E-state index in [0.717, 1.165) is 0 Å². The zero-order valence-corrected chi connectivity index (χ0v) is 19.4. The molecule has 1 fully saturated rings. The zero-order valence-electron chi connectivity index (χ0n) is 19.4. The van der Waals surface area contributed by atoms with Crippen LogP contribution in [0.1, 0.15) is 38.7 Å². The fourth-order valence-corrected chi connectivity index (χ4v) is 3.84. The number of aliphatic hydroxyl groups excluding tert-OH is 1. The third-order valence-corrected chi connectivity index (χ3v) is 6.14. The molecule has 11 nitrogen and oxygen atoms in total. The van der Waals surface area contributed by atoms with Gasteiger partial charge in [0, 0.05) is 13.0 Å². The molecule has 1 aromatic rings. The molecule has 2 rings (SSSR count). The van der Waals surface area contributed by atoms with Crippen molar-refractivity contribution in [2.45, 2.75) is 63.7 Å². The number of carboxylic acids is 1. The highest BCUT2D eigenvalue weighted by Gasteiger charge is 2.40. The standard InChI is InChI=1S/C23H34N4O7/c1-3-13(2)19(22(32)27-10-4-5-18(27)23(33)34)26-21(31)17(25-20(30)16(24)12-28)11-14-6-8-15(29)9-7-14/h6-9,13,16-19,28-29H,3-5,10-12,24H2,1-2H3,(H,25,30)(H,26,31)(H,33,34). The van der Waals surface area contributed by atoms with Gasteiger partial charge >= 0.3 is 5.97 Å². The van der Waals surface area contributed by atoms with Gasteiger partial charge < -0.3 is 36.6 Å². The van der Waals surface area contributed by atoms with E-state index in [9.17, 15) is 34.5 Å². The van der Waals surface area contributed by atoms with Crippen molar-refractivity contribution in [3.63, 3.8) is 0 Å². The van der Waals surface area contributed by atoms with Crippen molar-refractivity contribution in [2.24, 2.45) is 11.7 Å². The Labute approximate surface area is 198 Å². The number of phenols is 1. The largest absolute Gasteiger partial charge is 0.508 e. The fourth-order valence-electron chi connectivity index (χ4n) is 3.84. The number of nitrogens with zero attached hydrogens (tertiary/aromatic N) is 1. The van der Waals surface area contributed by atoms with Gasteiger partial charge in [0.15, 0.2) is 0 Å². The molecule has 1 aliphatic heterocycles. The molecule has 0 aromatic heterocycles. The van der Waals surface area contributed by atoms with Gasteiger partial charge in [0.25, 0.3) is 0 Å². The molecule has 0 aliphatic carbocycles. The molecule has 1 aliphatic rings. The molecule has 34 heavy (non-hydrogen) atoms. The summed E-state index contributed by atoms with van der Waals surface area (Å²) in [6.07, 6.45) is 1.49. The summed E-state index contributed by atoms with van der Waals surface area (Å²) in [6.45, 7) is 3.31. The maximum atomic E-state index is 13.3. The lowest BCUT2D eigenvalue weighted by molar-refractivity contribution is -0.150. The second-order valence-electron chi connectivity index (χ2n) is 8.62. The number of hydrogen-bond donors (Lipinski definition) is 6. The van der Waals surface area contributed by atoms with Crippen LogP contribution in [0, 0.1) is 5.92 Å². The average Bonchev–Trinajstić information content (AvgIpc) is 3.32. The van der Waals surface area contributed by atoms with Gasteiger partial charge in [0.05, 0.1) is 6.61 Å². The van der Waals surface area contributed by atoms with E-state index in [1.165, 1.54) is 17.0 Å². The number of nitrogens with one attached hydrogen (secondary N) is 2. The summed E-state index contributed by atoms with van der Waals surface area (Å²) in [5.41, 5.74) is 6.21. The van der Waals surface area contributed by atoms with E-state index in [1.54, 1.807) is 19.1 Å². The van der Waals surface area contributed by atoms with Crippen LogP contribution in [0.25, 0.3) is 0 Å². The monoisotopic (exact) mass is 478 g/mol. The highest BCUT2D eigenvalue weighted by atomic mass is 16.4. The summed E-state index contributed by atoms with van der Waals surface area (Å²) < 4.78 is 0. The van der Waals surface area contributed by atoms with E-state index >= 15 is 0 Å². The molecule has 11 heteroatoms. The molecule has 7 N–H and O–H groups in total. The van der Waals surface area contributed by atoms with Crippen molar-refractivity contribution in [3.8, 4) is 5.75 Å². The topological polar surface area (TPSA) is 182 Å². The first-order chi connectivity index (χ1) is 16.1. The number of carboxylic acid groups (broad SMARTS) is 1. The number of rotatable bonds is 11. The second-order valence-corrected chi connectivity index (χ2v) is 8.62. The van der Waals surface area contributed by atoms with Crippen LogP contribution in [0.2, 0.25) is 0 Å². The predicted molar refractivity (Wildman–Crippen MR) is 123 cm³/mol. The van der Waals surface area contributed by atoms with Crippen LogP contribution in [0.15, 0.2) is 24.3 Å². The van der Waals surface area contributed by atoms with Gasteiger partial charge in [0.2, 0.25) is 17.7 Å². The SMILES string of the molecule is CCC(C)C(NC(=O)C(Cc1ccc(O)cc1)NC(=O)C(N)CO)C(=O)N1CCCC1C(=O)O. The average molecular weight is 479 g/mol. The van der Waals surface area contributed by atoms with E-state index < -0.39 is 54.5 Å². The van der Waals surface area contributed by atoms with Crippen LogP contribution in [-0.2, 0) is 25.6 Å². The highest BCUT2D eigenvalue weighted by Crippen LogP contribution is 2.21. The number of benzene rings is 1. The number of likely N-dealkylation sites (tertiary alicyclic amines) is 1. The summed E-state index contributed by atoms with van der Waals surface area (Å²) in [5, 5.41) is 33.4. The molecule has 1 aromatic carbocycles. The van der Waals surface area contributed by atoms with Crippen molar-refractivity contribution in [1.29, 1.82) is 0 Å². The quantitative estimate of drug-likeness (QED) is 0.242. The summed E-state index contributed by atoms with van der Waals surface area (Å²) in [7, 11) is 0. The van der Waals surface area contributed by atoms with Crippen molar-refractivity contribution >= 4 is 23.7 Å². The molecule has 0 saturated carbocycles. The van der Waals surface area contributed by atoms with Crippen LogP contribution in [0.5, 0.6) is 5.75 Å². The summed E-state index contributed by atoms with van der Waals surface area (Å²) in [4.78, 5) is 51.7. The summed E-state index contributed by atoms with van der Waals surface area (Å²) >= 11 is 0. The smallest absolute Gasteiger partial charge is 0.326 e. The summed E-state index contributed by atoms with van der Waals surface area (Å²) in [6, 6.07) is 1.78. The van der Waals surface area contributed by atoms with Crippen LogP contribution < -0.4 is 16.4 Å². The van der Waals surface area contributed by atoms with E-state index in [4.69, 9.17) is 5.73 Å². The normalized spacial score (nSPS) is 19.1. The maximum absolute atomic E-state index is 13.3. The third-order valence-electron chi connectivity index (χ3n) is 6.14. The molecular formula is C23H34N4O7. The predicted octanol–water partition coefficient (Wildman–Crippen LogP) is -0.654. The number of carbonyl (C=O) groups excluding carboxylic acids is 3. The number of aliphatic hydroxyl groups is 1. The first-order valence-electron chi connectivity index (χ1n) is 11.4. The minimum Gasteiger partial charge on any atom is -0.508 e. The highest BCUT2D eigenvalue weighted by molar-refractivity contribution is 5.94. The van der Waals surface area contributed by atoms with Crippen molar-refractivity contribution in [1.82, 2.24) is 15.5 Å². The Kier molecular flexibility index (Phi) is 9.82. The van der Waals surface area contributed by atoms with Gasteiger partial charge in [-0.3, -0.25) is 14.4 Å². The summed E-state index contributed by atoms with van der Waals surface area (Å²) in [5.74, 6) is -3.20. The number of aliphatic carboxylic acids is 1. The van der Waals surface area contributed by atoms with Gasteiger partial charge in [-0.1, -0.05) is 32.4 Å². The van der Waals surface area contributed by atoms with E-state index in [-0.39, 0.29) is 24.6 Å². The Morgan fingerprint density at radius 2 is 1.79 bits per heavy atom. The molecule has 0 bridgehead atoms. The van der Waals surface area contributed by atoms with Crippen LogP contribution >= 0.6 is 0 Å². The Balaban J connectivity index is 2.26. The van der Waals surface area contributed by atoms with E-state index in [1.807, 2.05) is 6.92 Å². The van der Waals surface area contributed by atoms with Crippen LogP contribution in [-0.4, -0.2) is 81.2 Å². The number of phenolic OH excluding ortho intramolecular Hbond substituents is 1. The van der Waals surface area contributed by atoms with Gasteiger partial charge in [0.1, 0.15) is 29.9 Å². The van der Waals surface area contributed by atoms with Crippen molar-refractivity contribution in [3.05, 3.63) is 29.8 Å². The van der Waals surface area contributed by atoms with Crippen molar-refractivity contribution in [2.75, 3.05) is 13.2 Å². The fraction of sp³-hybridized carbons (Fsp3) is 0.565. The zero-order chi connectivity index (χ0) is 25.4. The lowest BCUT2D eigenvalue weighted by Crippen LogP contribution is -2.59. The van der Waals surface area contributed by atoms with E-state index in [0.29, 0.717) is 24.8 Å². The molecule has 1 saturated heterocycles.